The molecule has 9 nitrogen and oxygen atoms in total. The Bertz CT molecular complexity index is 1460. The monoisotopic (exact) mass is 481 g/mol. The lowest BCUT2D eigenvalue weighted by Gasteiger charge is -2.34. The molecule has 1 atom stereocenters. The predicted octanol–water partition coefficient (Wildman–Crippen LogP) is 4.17. The molecule has 4 aromatic rings. The smallest absolute Gasteiger partial charge is 0.256 e. The van der Waals surface area contributed by atoms with Crippen LogP contribution in [0.2, 0.25) is 0 Å². The number of nitrogens with two attached hydrogens (primary N) is 1. The van der Waals surface area contributed by atoms with Gasteiger partial charge in [0.15, 0.2) is 0 Å². The van der Waals surface area contributed by atoms with E-state index in [2.05, 4.69) is 21.9 Å². The first kappa shape index (κ1) is 23.2. The van der Waals surface area contributed by atoms with E-state index in [9.17, 15) is 9.59 Å². The van der Waals surface area contributed by atoms with E-state index in [1.54, 1.807) is 24.5 Å². The van der Waals surface area contributed by atoms with E-state index in [1.165, 1.54) is 6.08 Å². The Morgan fingerprint density at radius 2 is 1.94 bits per heavy atom. The molecule has 1 unspecified atom stereocenters. The van der Waals surface area contributed by atoms with Crippen LogP contribution in [0.1, 0.15) is 47.1 Å². The number of carbonyl (C=O) groups is 2. The summed E-state index contributed by atoms with van der Waals surface area (Å²) in [6, 6.07) is 10.6. The minimum absolute atomic E-state index is 0.113. The number of imidazole rings is 1. The molecule has 36 heavy (non-hydrogen) atoms. The molecule has 1 fully saturated rings. The van der Waals surface area contributed by atoms with Crippen molar-refractivity contribution in [2.45, 2.75) is 32.2 Å². The Balaban J connectivity index is 1.50. The fourth-order valence-electron chi connectivity index (χ4n) is 4.68. The zero-order chi connectivity index (χ0) is 25.2. The fourth-order valence-corrected chi connectivity index (χ4v) is 4.68. The highest BCUT2D eigenvalue weighted by Gasteiger charge is 2.31. The topological polar surface area (TPSA) is 119 Å². The maximum Gasteiger partial charge on any atom is 0.256 e. The molecular weight excluding hydrogens is 454 g/mol. The summed E-state index contributed by atoms with van der Waals surface area (Å²) in [5, 5.41) is 2.82. The van der Waals surface area contributed by atoms with Gasteiger partial charge in [-0.1, -0.05) is 18.7 Å². The minimum atomic E-state index is -0.253. The quantitative estimate of drug-likeness (QED) is 0.413. The average Bonchev–Trinajstić information content (AvgIpc) is 3.29. The van der Waals surface area contributed by atoms with Crippen molar-refractivity contribution in [1.82, 2.24) is 24.3 Å². The Hall–Kier alpha value is -4.53. The van der Waals surface area contributed by atoms with Crippen molar-refractivity contribution < 1.29 is 9.59 Å². The van der Waals surface area contributed by atoms with Gasteiger partial charge in [-0.3, -0.25) is 14.0 Å². The van der Waals surface area contributed by atoms with Crippen molar-refractivity contribution in [2.24, 2.45) is 0 Å². The average molecular weight is 482 g/mol. The molecular formula is C27H27N7O2. The van der Waals surface area contributed by atoms with Gasteiger partial charge in [0.05, 0.1) is 6.04 Å². The highest BCUT2D eigenvalue weighted by Crippen LogP contribution is 2.36. The van der Waals surface area contributed by atoms with Crippen LogP contribution in [-0.4, -0.2) is 42.6 Å². The summed E-state index contributed by atoms with van der Waals surface area (Å²) < 4.78 is 1.92. The number of pyridine rings is 1. The van der Waals surface area contributed by atoms with Crippen LogP contribution in [0.5, 0.6) is 0 Å². The molecule has 0 spiro atoms. The molecule has 1 aliphatic heterocycles. The van der Waals surface area contributed by atoms with Gasteiger partial charge in [-0.25, -0.2) is 15.0 Å². The summed E-state index contributed by atoms with van der Waals surface area (Å²) >= 11 is 0. The van der Waals surface area contributed by atoms with Crippen LogP contribution in [0.25, 0.3) is 16.8 Å². The van der Waals surface area contributed by atoms with Crippen molar-refractivity contribution in [1.29, 1.82) is 0 Å². The third kappa shape index (κ3) is 4.31. The summed E-state index contributed by atoms with van der Waals surface area (Å²) in [6.07, 6.45) is 9.19. The number of anilines is 2. The van der Waals surface area contributed by atoms with Gasteiger partial charge in [-0.05, 0) is 62.1 Å². The largest absolute Gasteiger partial charge is 0.382 e. The standard InChI is InChI=1S/C27H27N7O2/c1-3-22(35)33-14-5-4-6-20(33)26-32-23(24-25(28)30-13-15-34(24)26)18-7-9-19(10-8-18)27(36)31-21-16-17(2)11-12-29-21/h3,7-13,15-16,20H,1,4-6,14H2,2H3,(H2,28,30)(H,29,31,36). The number of aryl methyl sites for hydroxylation is 1. The molecule has 182 valence electrons. The number of piperidine rings is 1. The molecule has 3 N–H and O–H groups in total. The van der Waals surface area contributed by atoms with E-state index in [0.717, 1.165) is 36.2 Å². The molecule has 9 heteroatoms. The van der Waals surface area contributed by atoms with E-state index in [-0.39, 0.29) is 17.9 Å². The first-order chi connectivity index (χ1) is 17.5. The molecule has 0 bridgehead atoms. The Kier molecular flexibility index (Phi) is 6.20. The fraction of sp³-hybridized carbons (Fsp3) is 0.222. The molecule has 1 aromatic carbocycles. The number of carbonyl (C=O) groups excluding carboxylic acids is 2. The summed E-state index contributed by atoms with van der Waals surface area (Å²) in [6.45, 7) is 6.25. The predicted molar refractivity (Wildman–Crippen MR) is 138 cm³/mol. The molecule has 3 aromatic heterocycles. The number of hydrogen-bond acceptors (Lipinski definition) is 6. The highest BCUT2D eigenvalue weighted by atomic mass is 16.2. The zero-order valence-corrected chi connectivity index (χ0v) is 20.0. The van der Waals surface area contributed by atoms with Gasteiger partial charge in [0, 0.05) is 36.3 Å². The van der Waals surface area contributed by atoms with Crippen LogP contribution >= 0.6 is 0 Å². The molecule has 0 radical (unpaired) electrons. The second kappa shape index (κ2) is 9.61. The van der Waals surface area contributed by atoms with Gasteiger partial charge in [0.25, 0.3) is 5.91 Å². The van der Waals surface area contributed by atoms with E-state index < -0.39 is 0 Å². The van der Waals surface area contributed by atoms with Gasteiger partial charge in [-0.15, -0.1) is 0 Å². The number of nitrogen functional groups attached to an aromatic ring is 1. The molecule has 1 aliphatic rings. The number of rotatable bonds is 5. The first-order valence-corrected chi connectivity index (χ1v) is 11.9. The number of likely N-dealkylation sites (tertiary alicyclic amines) is 1. The lowest BCUT2D eigenvalue weighted by molar-refractivity contribution is -0.129. The second-order valence-electron chi connectivity index (χ2n) is 8.85. The van der Waals surface area contributed by atoms with Gasteiger partial charge in [0.2, 0.25) is 5.91 Å². The molecule has 4 heterocycles. The molecule has 0 aliphatic carbocycles. The SMILES string of the molecule is C=CC(=O)N1CCCCC1c1nc(-c2ccc(C(=O)Nc3cc(C)ccn3)cc2)c2c(N)nccn12. The molecule has 1 saturated heterocycles. The van der Waals surface area contributed by atoms with Crippen molar-refractivity contribution in [3.8, 4) is 11.3 Å². The first-order valence-electron chi connectivity index (χ1n) is 11.9. The van der Waals surface area contributed by atoms with Crippen LogP contribution in [0.15, 0.2) is 67.6 Å². The second-order valence-corrected chi connectivity index (χ2v) is 8.85. The Morgan fingerprint density at radius 1 is 1.14 bits per heavy atom. The maximum atomic E-state index is 12.7. The van der Waals surface area contributed by atoms with Crippen LogP contribution in [0.3, 0.4) is 0 Å². The van der Waals surface area contributed by atoms with E-state index >= 15 is 0 Å². The lowest BCUT2D eigenvalue weighted by atomic mass is 10.0. The summed E-state index contributed by atoms with van der Waals surface area (Å²) in [4.78, 5) is 40.5. The van der Waals surface area contributed by atoms with Gasteiger partial charge in [0.1, 0.15) is 28.7 Å². The summed E-state index contributed by atoms with van der Waals surface area (Å²) in [5.41, 5.74) is 9.91. The third-order valence-corrected chi connectivity index (χ3v) is 6.45. The Labute approximate surface area is 208 Å². The molecule has 2 amide bonds. The lowest BCUT2D eigenvalue weighted by Crippen LogP contribution is -2.38. The number of nitrogens with one attached hydrogen (secondary N) is 1. The van der Waals surface area contributed by atoms with Crippen molar-refractivity contribution >= 4 is 29.0 Å². The normalized spacial score (nSPS) is 15.6. The molecule has 5 rings (SSSR count). The van der Waals surface area contributed by atoms with Crippen molar-refractivity contribution in [3.63, 3.8) is 0 Å². The third-order valence-electron chi connectivity index (χ3n) is 6.45. The van der Waals surface area contributed by atoms with Crippen LogP contribution in [-0.2, 0) is 4.79 Å². The summed E-state index contributed by atoms with van der Waals surface area (Å²) in [5.74, 6) is 1.21. The number of aromatic nitrogens is 4. The van der Waals surface area contributed by atoms with E-state index in [0.29, 0.717) is 35.0 Å². The highest BCUT2D eigenvalue weighted by molar-refractivity contribution is 6.04. The van der Waals surface area contributed by atoms with E-state index in [4.69, 9.17) is 10.7 Å². The Morgan fingerprint density at radius 3 is 2.69 bits per heavy atom. The van der Waals surface area contributed by atoms with E-state index in [1.807, 2.05) is 46.7 Å². The number of nitrogens with zero attached hydrogens (tertiary/aromatic N) is 5. The van der Waals surface area contributed by atoms with Gasteiger partial charge in [-0.2, -0.15) is 0 Å². The minimum Gasteiger partial charge on any atom is -0.382 e. The maximum absolute atomic E-state index is 12.7. The van der Waals surface area contributed by atoms with Gasteiger partial charge < -0.3 is 16.0 Å². The summed E-state index contributed by atoms with van der Waals surface area (Å²) in [7, 11) is 0. The van der Waals surface area contributed by atoms with Crippen LogP contribution < -0.4 is 11.1 Å². The van der Waals surface area contributed by atoms with Crippen LogP contribution in [0, 0.1) is 6.92 Å². The van der Waals surface area contributed by atoms with Crippen molar-refractivity contribution in [2.75, 3.05) is 17.6 Å². The number of amides is 2. The van der Waals surface area contributed by atoms with Gasteiger partial charge >= 0.3 is 0 Å². The molecule has 0 saturated carbocycles. The number of benzene rings is 1. The zero-order valence-electron chi connectivity index (χ0n) is 20.0. The number of fused-ring (bicyclic) bond motifs is 1. The van der Waals surface area contributed by atoms with Crippen LogP contribution in [0.4, 0.5) is 11.6 Å². The number of hydrogen-bond donors (Lipinski definition) is 2. The van der Waals surface area contributed by atoms with Crippen molar-refractivity contribution in [3.05, 3.63) is 84.6 Å².